The highest BCUT2D eigenvalue weighted by atomic mass is 16.7. The monoisotopic (exact) mass is 646 g/mol. The Morgan fingerprint density at radius 2 is 1.77 bits per heavy atom. The van der Waals surface area contributed by atoms with Crippen LogP contribution in [0.3, 0.4) is 0 Å². The quantitative estimate of drug-likeness (QED) is 0.289. The first-order chi connectivity index (χ1) is 22.6. The van der Waals surface area contributed by atoms with Crippen LogP contribution in [-0.4, -0.2) is 89.1 Å². The third-order valence-corrected chi connectivity index (χ3v) is 11.9. The molecule has 2 saturated heterocycles. The molecule has 0 spiro atoms. The minimum atomic E-state index is -0.843. The molecule has 5 aliphatic rings. The summed E-state index contributed by atoms with van der Waals surface area (Å²) >= 11 is 0. The largest absolute Gasteiger partial charge is 0.394 e. The van der Waals surface area contributed by atoms with Crippen LogP contribution in [0.5, 0.6) is 0 Å². The molecule has 47 heavy (non-hydrogen) atoms. The first-order valence-corrected chi connectivity index (χ1v) is 17.8. The van der Waals surface area contributed by atoms with E-state index in [9.17, 15) is 19.8 Å². The summed E-state index contributed by atoms with van der Waals surface area (Å²) in [5, 5.41) is 29.0. The van der Waals surface area contributed by atoms with E-state index in [0.717, 1.165) is 42.7 Å². The number of fused-ring (bicyclic) bond motifs is 2. The van der Waals surface area contributed by atoms with E-state index in [1.165, 1.54) is 25.7 Å². The van der Waals surface area contributed by atoms with Gasteiger partial charge in [0.1, 0.15) is 12.1 Å². The number of aliphatic hydroxyl groups excluding tert-OH is 2. The van der Waals surface area contributed by atoms with Crippen LogP contribution in [0.4, 0.5) is 0 Å². The molecular formula is C38H54N4O5. The van der Waals surface area contributed by atoms with Crippen LogP contribution >= 0.6 is 0 Å². The zero-order valence-corrected chi connectivity index (χ0v) is 28.5. The van der Waals surface area contributed by atoms with Gasteiger partial charge < -0.3 is 25.7 Å². The van der Waals surface area contributed by atoms with Gasteiger partial charge in [0.05, 0.1) is 19.3 Å². The number of nitrogens with one attached hydrogen (secondary N) is 2. The van der Waals surface area contributed by atoms with Gasteiger partial charge in [-0.3, -0.25) is 14.4 Å². The van der Waals surface area contributed by atoms with Gasteiger partial charge in [0, 0.05) is 30.6 Å². The molecule has 4 N–H and O–H groups in total. The standard InChI is InChI=1S/C38H54N4O5/c1-24-31-20-30(38(31,3)4)21-32(24)40-37(46)35-34(25(2)44)33(23-43)47-42(35)22-26-10-8-11-27(18-26)28-12-9-13-29(19-28)36(45)39-14-17-41-15-6-5-7-16-41/h8-13,18-19,24-25,30-35,43-44H,5-7,14-17,20-23H2,1-4H3,(H,39,45)(H,40,46)/t24-,25-,30+,31-,32-,33-,34+,35-/m0/s1. The van der Waals surface area contributed by atoms with Crippen molar-refractivity contribution >= 4 is 11.8 Å². The zero-order valence-electron chi connectivity index (χ0n) is 28.5. The van der Waals surface area contributed by atoms with E-state index in [4.69, 9.17) is 4.84 Å². The Morgan fingerprint density at radius 3 is 2.45 bits per heavy atom. The Labute approximate surface area is 280 Å². The van der Waals surface area contributed by atoms with Crippen LogP contribution in [0.2, 0.25) is 0 Å². The van der Waals surface area contributed by atoms with Gasteiger partial charge in [-0.1, -0.05) is 57.5 Å². The van der Waals surface area contributed by atoms with E-state index >= 15 is 0 Å². The first kappa shape index (κ1) is 34.1. The topological polar surface area (TPSA) is 114 Å². The van der Waals surface area contributed by atoms with E-state index in [0.29, 0.717) is 41.8 Å². The maximum absolute atomic E-state index is 14.0. The lowest BCUT2D eigenvalue weighted by Gasteiger charge is -2.62. The SMILES string of the molecule is C[C@@H]1[C@@H](NC(=O)[C@@H]2[C@H]([C@H](C)O)[C@H](CO)ON2Cc2cccc(-c3cccc(C(=O)NCCN4CCCCC4)c3)c2)C[C@H]2C[C@@H]1C2(C)C. The van der Waals surface area contributed by atoms with E-state index < -0.39 is 24.2 Å². The molecule has 2 aliphatic heterocycles. The third kappa shape index (κ3) is 7.15. The van der Waals surface area contributed by atoms with Crippen LogP contribution in [0.25, 0.3) is 11.1 Å². The summed E-state index contributed by atoms with van der Waals surface area (Å²) in [4.78, 5) is 35.6. The van der Waals surface area contributed by atoms with Crippen LogP contribution in [0.15, 0.2) is 48.5 Å². The van der Waals surface area contributed by atoms with E-state index in [-0.39, 0.29) is 24.5 Å². The van der Waals surface area contributed by atoms with E-state index in [2.05, 4.69) is 36.3 Å². The number of rotatable bonds is 11. The number of nitrogens with zero attached hydrogens (tertiary/aromatic N) is 2. The lowest BCUT2D eigenvalue weighted by molar-refractivity contribution is -0.183. The first-order valence-electron chi connectivity index (χ1n) is 17.8. The van der Waals surface area contributed by atoms with Crippen LogP contribution in [0.1, 0.15) is 75.7 Å². The average molecular weight is 647 g/mol. The minimum absolute atomic E-state index is 0.0771. The minimum Gasteiger partial charge on any atom is -0.394 e. The number of likely N-dealkylation sites (tertiary alicyclic amines) is 1. The van der Waals surface area contributed by atoms with Crippen molar-refractivity contribution in [3.8, 4) is 11.1 Å². The Morgan fingerprint density at radius 1 is 1.04 bits per heavy atom. The van der Waals surface area contributed by atoms with Crippen LogP contribution in [0, 0.1) is 29.1 Å². The second-order valence-corrected chi connectivity index (χ2v) is 15.2. The number of carbonyl (C=O) groups excluding carboxylic acids is 2. The second kappa shape index (κ2) is 14.3. The van der Waals surface area contributed by atoms with Crippen molar-refractivity contribution in [3.05, 3.63) is 59.7 Å². The molecule has 0 aromatic heterocycles. The van der Waals surface area contributed by atoms with Crippen molar-refractivity contribution in [2.45, 2.75) is 90.6 Å². The molecule has 2 amide bonds. The van der Waals surface area contributed by atoms with Crippen molar-refractivity contribution < 1.29 is 24.6 Å². The Kier molecular flexibility index (Phi) is 10.4. The summed E-state index contributed by atoms with van der Waals surface area (Å²) in [5.74, 6) is 0.766. The van der Waals surface area contributed by atoms with Gasteiger partial charge in [-0.2, -0.15) is 5.06 Å². The number of hydrogen-bond donors (Lipinski definition) is 4. The Balaban J connectivity index is 1.14. The molecule has 5 fully saturated rings. The maximum Gasteiger partial charge on any atom is 0.251 e. The number of hydrogen-bond acceptors (Lipinski definition) is 7. The predicted octanol–water partition coefficient (Wildman–Crippen LogP) is 4.23. The lowest BCUT2D eigenvalue weighted by Crippen LogP contribution is -2.62. The van der Waals surface area contributed by atoms with Crippen molar-refractivity contribution in [2.24, 2.45) is 29.1 Å². The fourth-order valence-electron chi connectivity index (χ4n) is 8.97. The molecule has 256 valence electrons. The molecule has 2 heterocycles. The average Bonchev–Trinajstić information content (AvgIpc) is 3.44. The van der Waals surface area contributed by atoms with E-state index in [1.54, 1.807) is 12.0 Å². The number of carbonyl (C=O) groups is 2. The summed E-state index contributed by atoms with van der Waals surface area (Å²) in [7, 11) is 0. The molecule has 0 unspecified atom stereocenters. The number of amides is 2. The van der Waals surface area contributed by atoms with Crippen LogP contribution in [-0.2, 0) is 16.2 Å². The van der Waals surface area contributed by atoms with Gasteiger partial charge in [-0.15, -0.1) is 0 Å². The zero-order chi connectivity index (χ0) is 33.3. The van der Waals surface area contributed by atoms with Gasteiger partial charge >= 0.3 is 0 Å². The van der Waals surface area contributed by atoms with Crippen molar-refractivity contribution in [1.29, 1.82) is 0 Å². The molecule has 7 rings (SSSR count). The van der Waals surface area contributed by atoms with Crippen molar-refractivity contribution in [2.75, 3.05) is 32.8 Å². The molecule has 2 aromatic rings. The predicted molar refractivity (Wildman–Crippen MR) is 182 cm³/mol. The van der Waals surface area contributed by atoms with Gasteiger partial charge in [0.15, 0.2) is 0 Å². The summed E-state index contributed by atoms with van der Waals surface area (Å²) in [5.41, 5.74) is 3.74. The van der Waals surface area contributed by atoms with Gasteiger partial charge in [-0.25, -0.2) is 0 Å². The third-order valence-electron chi connectivity index (χ3n) is 11.9. The Bertz CT molecular complexity index is 1410. The second-order valence-electron chi connectivity index (χ2n) is 15.2. The van der Waals surface area contributed by atoms with Crippen molar-refractivity contribution in [3.63, 3.8) is 0 Å². The molecule has 2 aromatic carbocycles. The number of aliphatic hydroxyl groups is 2. The fourth-order valence-corrected chi connectivity index (χ4v) is 8.97. The summed E-state index contributed by atoms with van der Waals surface area (Å²) < 4.78 is 0. The summed E-state index contributed by atoms with van der Waals surface area (Å²) in [6.07, 6.45) is 4.42. The molecule has 2 bridgehead atoms. The lowest BCUT2D eigenvalue weighted by atomic mass is 9.45. The maximum atomic E-state index is 14.0. The summed E-state index contributed by atoms with van der Waals surface area (Å²) in [6, 6.07) is 15.0. The fraction of sp³-hybridized carbons (Fsp3) is 0.632. The highest BCUT2D eigenvalue weighted by molar-refractivity contribution is 5.95. The molecular weight excluding hydrogens is 592 g/mol. The van der Waals surface area contributed by atoms with Gasteiger partial charge in [-0.05, 0) is 104 Å². The van der Waals surface area contributed by atoms with E-state index in [1.807, 2.05) is 48.5 Å². The number of hydroxylamine groups is 2. The molecule has 8 atom stereocenters. The molecule has 0 radical (unpaired) electrons. The van der Waals surface area contributed by atoms with Crippen LogP contribution < -0.4 is 10.6 Å². The molecule has 9 nitrogen and oxygen atoms in total. The Hall–Kier alpha value is -2.82. The highest BCUT2D eigenvalue weighted by Gasteiger charge is 2.57. The summed E-state index contributed by atoms with van der Waals surface area (Å²) in [6.45, 7) is 12.3. The molecule has 9 heteroatoms. The number of benzene rings is 2. The molecule has 3 saturated carbocycles. The number of piperidine rings is 1. The molecule has 3 aliphatic carbocycles. The van der Waals surface area contributed by atoms with Gasteiger partial charge in [0.2, 0.25) is 5.91 Å². The smallest absolute Gasteiger partial charge is 0.251 e. The van der Waals surface area contributed by atoms with Crippen molar-refractivity contribution in [1.82, 2.24) is 20.6 Å². The highest BCUT2D eigenvalue weighted by Crippen LogP contribution is 2.61. The normalized spacial score (nSPS) is 31.1. The van der Waals surface area contributed by atoms with Gasteiger partial charge in [0.25, 0.3) is 5.91 Å².